The first-order chi connectivity index (χ1) is 6.98. The van der Waals surface area contributed by atoms with Crippen LogP contribution in [0.5, 0.6) is 0 Å². The van der Waals surface area contributed by atoms with Crippen LogP contribution in [-0.2, 0) is 9.84 Å². The standard InChI is InChI=1S/C9H17N3O2S/c1-7-6-15(13,14)5-4-12(7)9(10)11-8-2-3-8/h7-8H,2-6H2,1H3,(H2,10,11). The van der Waals surface area contributed by atoms with Crippen LogP contribution in [0, 0.1) is 0 Å². The fourth-order valence-electron chi connectivity index (χ4n) is 1.80. The van der Waals surface area contributed by atoms with Gasteiger partial charge in [-0.25, -0.2) is 13.4 Å². The largest absolute Gasteiger partial charge is 0.370 e. The van der Waals surface area contributed by atoms with Gasteiger partial charge in [0.2, 0.25) is 0 Å². The van der Waals surface area contributed by atoms with Gasteiger partial charge in [-0.3, -0.25) is 0 Å². The van der Waals surface area contributed by atoms with E-state index in [1.54, 1.807) is 0 Å². The van der Waals surface area contributed by atoms with Crippen molar-refractivity contribution in [1.82, 2.24) is 4.90 Å². The summed E-state index contributed by atoms with van der Waals surface area (Å²) in [7, 11) is -2.86. The Morgan fingerprint density at radius 3 is 2.67 bits per heavy atom. The Bertz CT molecular complexity index is 373. The maximum absolute atomic E-state index is 11.4. The van der Waals surface area contributed by atoms with Crippen LogP contribution in [0.4, 0.5) is 0 Å². The molecule has 2 fully saturated rings. The number of aliphatic imine (C=N–C) groups is 1. The lowest BCUT2D eigenvalue weighted by molar-refractivity contribution is 0.348. The second-order valence-corrected chi connectivity index (χ2v) is 6.60. The predicted molar refractivity (Wildman–Crippen MR) is 59.5 cm³/mol. The molecule has 2 N–H and O–H groups in total. The second-order valence-electron chi connectivity index (χ2n) is 4.38. The molecule has 1 unspecified atom stereocenters. The second kappa shape index (κ2) is 3.66. The van der Waals surface area contributed by atoms with Crippen molar-refractivity contribution in [1.29, 1.82) is 0 Å². The first-order valence-corrected chi connectivity index (χ1v) is 7.10. The van der Waals surface area contributed by atoms with Gasteiger partial charge in [0.1, 0.15) is 0 Å². The van der Waals surface area contributed by atoms with Crippen molar-refractivity contribution < 1.29 is 8.42 Å². The van der Waals surface area contributed by atoms with Crippen molar-refractivity contribution in [2.75, 3.05) is 18.1 Å². The van der Waals surface area contributed by atoms with E-state index in [0.717, 1.165) is 12.8 Å². The lowest BCUT2D eigenvalue weighted by Gasteiger charge is -2.33. The van der Waals surface area contributed by atoms with Gasteiger partial charge >= 0.3 is 0 Å². The van der Waals surface area contributed by atoms with Crippen molar-refractivity contribution in [3.8, 4) is 0 Å². The zero-order valence-corrected chi connectivity index (χ0v) is 9.70. The van der Waals surface area contributed by atoms with Crippen LogP contribution in [0.25, 0.3) is 0 Å². The van der Waals surface area contributed by atoms with Crippen LogP contribution < -0.4 is 5.73 Å². The highest BCUT2D eigenvalue weighted by atomic mass is 32.2. The van der Waals surface area contributed by atoms with E-state index >= 15 is 0 Å². The fraction of sp³-hybridized carbons (Fsp3) is 0.889. The van der Waals surface area contributed by atoms with E-state index in [9.17, 15) is 8.42 Å². The van der Waals surface area contributed by atoms with Crippen LogP contribution in [0.2, 0.25) is 0 Å². The van der Waals surface area contributed by atoms with Gasteiger partial charge in [0.25, 0.3) is 0 Å². The molecule has 1 atom stereocenters. The van der Waals surface area contributed by atoms with E-state index in [4.69, 9.17) is 5.73 Å². The minimum atomic E-state index is -2.86. The van der Waals surface area contributed by atoms with E-state index in [0.29, 0.717) is 18.5 Å². The maximum atomic E-state index is 11.4. The molecule has 15 heavy (non-hydrogen) atoms. The lowest BCUT2D eigenvalue weighted by Crippen LogP contribution is -2.52. The third-order valence-electron chi connectivity index (χ3n) is 2.83. The summed E-state index contributed by atoms with van der Waals surface area (Å²) in [5.41, 5.74) is 5.85. The zero-order valence-electron chi connectivity index (χ0n) is 8.89. The number of rotatable bonds is 1. The van der Waals surface area contributed by atoms with E-state index in [2.05, 4.69) is 4.99 Å². The Labute approximate surface area is 90.3 Å². The molecule has 2 aliphatic rings. The molecule has 1 saturated carbocycles. The molecule has 2 rings (SSSR count). The van der Waals surface area contributed by atoms with Gasteiger partial charge in [-0.05, 0) is 19.8 Å². The highest BCUT2D eigenvalue weighted by Gasteiger charge is 2.30. The Hall–Kier alpha value is -0.780. The summed E-state index contributed by atoms with van der Waals surface area (Å²) >= 11 is 0. The molecule has 0 aromatic rings. The highest BCUT2D eigenvalue weighted by Crippen LogP contribution is 2.24. The first kappa shape index (κ1) is 10.7. The summed E-state index contributed by atoms with van der Waals surface area (Å²) in [6, 6.07) is 0.335. The van der Waals surface area contributed by atoms with E-state index in [1.807, 2.05) is 11.8 Å². The summed E-state index contributed by atoms with van der Waals surface area (Å²) in [5, 5.41) is 0. The molecule has 0 aromatic carbocycles. The third kappa shape index (κ3) is 2.62. The number of guanidine groups is 1. The molecule has 1 heterocycles. The Morgan fingerprint density at radius 1 is 1.47 bits per heavy atom. The smallest absolute Gasteiger partial charge is 0.191 e. The van der Waals surface area contributed by atoms with Crippen LogP contribution in [0.3, 0.4) is 0 Å². The average Bonchev–Trinajstić information content (AvgIpc) is 2.85. The predicted octanol–water partition coefficient (Wildman–Crippen LogP) is -0.418. The molecular formula is C9H17N3O2S. The van der Waals surface area contributed by atoms with Crippen molar-refractivity contribution in [3.05, 3.63) is 0 Å². The molecule has 0 spiro atoms. The summed E-state index contributed by atoms with van der Waals surface area (Å²) in [6.07, 6.45) is 2.22. The number of nitrogens with zero attached hydrogens (tertiary/aromatic N) is 2. The Balaban J connectivity index is 2.04. The van der Waals surface area contributed by atoms with Crippen LogP contribution in [0.15, 0.2) is 4.99 Å². The molecule has 6 heteroatoms. The monoisotopic (exact) mass is 231 g/mol. The fourth-order valence-corrected chi connectivity index (χ4v) is 3.36. The van der Waals surface area contributed by atoms with Gasteiger partial charge in [0, 0.05) is 12.6 Å². The quantitative estimate of drug-likeness (QED) is 0.491. The Morgan fingerprint density at radius 2 is 2.13 bits per heavy atom. The topological polar surface area (TPSA) is 75.8 Å². The number of hydrogen-bond acceptors (Lipinski definition) is 3. The van der Waals surface area contributed by atoms with Gasteiger partial charge in [-0.2, -0.15) is 0 Å². The molecule has 0 radical (unpaired) electrons. The molecule has 0 aromatic heterocycles. The summed E-state index contributed by atoms with van der Waals surface area (Å²) in [6.45, 7) is 2.36. The lowest BCUT2D eigenvalue weighted by atomic mass is 10.3. The number of hydrogen-bond donors (Lipinski definition) is 1. The number of sulfone groups is 1. The maximum Gasteiger partial charge on any atom is 0.191 e. The number of nitrogens with two attached hydrogens (primary N) is 1. The van der Waals surface area contributed by atoms with E-state index in [1.165, 1.54) is 0 Å². The molecule has 0 bridgehead atoms. The Kier molecular flexibility index (Phi) is 2.62. The van der Waals surface area contributed by atoms with Crippen molar-refractivity contribution >= 4 is 15.8 Å². The third-order valence-corrected chi connectivity index (χ3v) is 4.62. The highest BCUT2D eigenvalue weighted by molar-refractivity contribution is 7.91. The normalized spacial score (nSPS) is 31.7. The molecular weight excluding hydrogens is 214 g/mol. The summed E-state index contributed by atoms with van der Waals surface area (Å²) in [4.78, 5) is 6.24. The van der Waals surface area contributed by atoms with Gasteiger partial charge in [0.05, 0.1) is 17.5 Å². The van der Waals surface area contributed by atoms with Crippen LogP contribution in [-0.4, -0.2) is 49.4 Å². The van der Waals surface area contributed by atoms with Crippen LogP contribution in [0.1, 0.15) is 19.8 Å². The molecule has 86 valence electrons. The van der Waals surface area contributed by atoms with Crippen LogP contribution >= 0.6 is 0 Å². The molecule has 1 aliphatic heterocycles. The molecule has 0 amide bonds. The first-order valence-electron chi connectivity index (χ1n) is 5.28. The SMILES string of the molecule is CC1CS(=O)(=O)CCN1C(N)=NC1CC1. The van der Waals surface area contributed by atoms with Crippen molar-refractivity contribution in [2.45, 2.75) is 31.8 Å². The van der Waals surface area contributed by atoms with E-state index in [-0.39, 0.29) is 17.5 Å². The average molecular weight is 231 g/mol. The van der Waals surface area contributed by atoms with E-state index < -0.39 is 9.84 Å². The molecule has 1 saturated heterocycles. The molecule has 1 aliphatic carbocycles. The van der Waals surface area contributed by atoms with Crippen molar-refractivity contribution in [3.63, 3.8) is 0 Å². The van der Waals surface area contributed by atoms with Gasteiger partial charge in [0.15, 0.2) is 15.8 Å². The molecule has 5 nitrogen and oxygen atoms in total. The minimum absolute atomic E-state index is 0.0498. The van der Waals surface area contributed by atoms with Gasteiger partial charge < -0.3 is 10.6 Å². The summed E-state index contributed by atoms with van der Waals surface area (Å²) < 4.78 is 22.7. The van der Waals surface area contributed by atoms with Gasteiger partial charge in [-0.1, -0.05) is 0 Å². The van der Waals surface area contributed by atoms with Crippen molar-refractivity contribution in [2.24, 2.45) is 10.7 Å². The summed E-state index contributed by atoms with van der Waals surface area (Å²) in [5.74, 6) is 0.895. The minimum Gasteiger partial charge on any atom is -0.370 e. The zero-order chi connectivity index (χ0) is 11.1. The van der Waals surface area contributed by atoms with Gasteiger partial charge in [-0.15, -0.1) is 0 Å².